The summed E-state index contributed by atoms with van der Waals surface area (Å²) in [6.07, 6.45) is 2.78. The van der Waals surface area contributed by atoms with Crippen molar-refractivity contribution >= 4 is 23.1 Å². The Hall–Kier alpha value is -2.02. The van der Waals surface area contributed by atoms with Gasteiger partial charge in [0.15, 0.2) is 0 Å². The van der Waals surface area contributed by atoms with Crippen LogP contribution in [0, 0.1) is 12.7 Å². The van der Waals surface area contributed by atoms with Crippen molar-refractivity contribution in [3.05, 3.63) is 39.7 Å². The summed E-state index contributed by atoms with van der Waals surface area (Å²) in [4.78, 5) is 20.8. The summed E-state index contributed by atoms with van der Waals surface area (Å²) in [6.45, 7) is 2.26. The van der Waals surface area contributed by atoms with E-state index in [9.17, 15) is 9.18 Å². The second-order valence-electron chi connectivity index (χ2n) is 3.83. The van der Waals surface area contributed by atoms with Gasteiger partial charge >= 0.3 is 0 Å². The van der Waals surface area contributed by atoms with E-state index in [4.69, 9.17) is 0 Å². The molecule has 0 atom stereocenters. The lowest BCUT2D eigenvalue weighted by Crippen LogP contribution is -2.23. The van der Waals surface area contributed by atoms with Gasteiger partial charge in [-0.05, 0) is 13.0 Å². The van der Waals surface area contributed by atoms with E-state index in [2.05, 4.69) is 20.6 Å². The van der Waals surface area contributed by atoms with Crippen molar-refractivity contribution in [3.63, 3.8) is 0 Å². The highest BCUT2D eigenvalue weighted by atomic mass is 32.1. The number of pyridine rings is 1. The summed E-state index contributed by atoms with van der Waals surface area (Å²) in [7, 11) is 1.63. The van der Waals surface area contributed by atoms with Gasteiger partial charge in [-0.15, -0.1) is 11.3 Å². The molecule has 19 heavy (non-hydrogen) atoms. The zero-order valence-electron chi connectivity index (χ0n) is 10.5. The lowest BCUT2D eigenvalue weighted by atomic mass is 10.2. The molecule has 0 saturated heterocycles. The van der Waals surface area contributed by atoms with E-state index in [0.29, 0.717) is 12.4 Å². The lowest BCUT2D eigenvalue weighted by Gasteiger charge is -2.08. The maximum atomic E-state index is 13.1. The Bertz CT molecular complexity index is 599. The number of carbonyl (C=O) groups is 1. The summed E-state index contributed by atoms with van der Waals surface area (Å²) < 4.78 is 13.1. The molecule has 0 aliphatic rings. The molecule has 0 aromatic carbocycles. The summed E-state index contributed by atoms with van der Waals surface area (Å²) in [5, 5.41) is 6.41. The number of aryl methyl sites for hydroxylation is 1. The molecule has 0 radical (unpaired) electrons. The van der Waals surface area contributed by atoms with E-state index < -0.39 is 5.82 Å². The third-order valence-corrected chi connectivity index (χ3v) is 3.34. The molecule has 5 nitrogen and oxygen atoms in total. The monoisotopic (exact) mass is 280 g/mol. The highest BCUT2D eigenvalue weighted by molar-refractivity contribution is 7.11. The highest BCUT2D eigenvalue weighted by Gasteiger charge is 2.13. The van der Waals surface area contributed by atoms with Crippen LogP contribution in [0.4, 0.5) is 10.2 Å². The molecular formula is C12H13FN4OS. The molecule has 0 spiro atoms. The van der Waals surface area contributed by atoms with Crippen LogP contribution in [0.25, 0.3) is 0 Å². The van der Waals surface area contributed by atoms with Crippen LogP contribution >= 0.6 is 11.3 Å². The molecule has 2 N–H and O–H groups in total. The minimum absolute atomic E-state index is 0.184. The highest BCUT2D eigenvalue weighted by Crippen LogP contribution is 2.14. The number of hydrogen-bond acceptors (Lipinski definition) is 5. The van der Waals surface area contributed by atoms with E-state index in [1.807, 2.05) is 6.92 Å². The van der Waals surface area contributed by atoms with Crippen molar-refractivity contribution in [1.29, 1.82) is 0 Å². The standard InChI is InChI=1S/C12H13FN4OS/c1-7-15-5-9(19-7)6-17-12(18)10-3-8(13)4-16-11(10)14-2/h3-5H,6H2,1-2H3,(H,14,16)(H,17,18). The number of thiazole rings is 1. The predicted molar refractivity (Wildman–Crippen MR) is 71.8 cm³/mol. The first-order valence-electron chi connectivity index (χ1n) is 5.63. The minimum atomic E-state index is -0.544. The number of nitrogens with zero attached hydrogens (tertiary/aromatic N) is 2. The number of hydrogen-bond donors (Lipinski definition) is 2. The summed E-state index contributed by atoms with van der Waals surface area (Å²) in [5.41, 5.74) is 0.184. The van der Waals surface area contributed by atoms with Crippen molar-refractivity contribution in [1.82, 2.24) is 15.3 Å². The Morgan fingerprint density at radius 1 is 1.42 bits per heavy atom. The number of amides is 1. The van der Waals surface area contributed by atoms with Crippen LogP contribution in [0.15, 0.2) is 18.5 Å². The number of carbonyl (C=O) groups excluding carboxylic acids is 1. The van der Waals surface area contributed by atoms with E-state index in [1.165, 1.54) is 11.3 Å². The van der Waals surface area contributed by atoms with Crippen LogP contribution in [-0.2, 0) is 6.54 Å². The zero-order chi connectivity index (χ0) is 13.8. The zero-order valence-corrected chi connectivity index (χ0v) is 11.3. The average molecular weight is 280 g/mol. The molecule has 2 rings (SSSR count). The Morgan fingerprint density at radius 2 is 2.21 bits per heavy atom. The van der Waals surface area contributed by atoms with Crippen LogP contribution in [0.1, 0.15) is 20.2 Å². The molecular weight excluding hydrogens is 267 g/mol. The summed E-state index contributed by atoms with van der Waals surface area (Å²) in [6, 6.07) is 1.16. The molecule has 0 saturated carbocycles. The molecule has 2 aromatic heterocycles. The predicted octanol–water partition coefficient (Wildman–Crippen LogP) is 1.96. The number of rotatable bonds is 4. The lowest BCUT2D eigenvalue weighted by molar-refractivity contribution is 0.0951. The Morgan fingerprint density at radius 3 is 2.84 bits per heavy atom. The van der Waals surface area contributed by atoms with Gasteiger partial charge in [-0.25, -0.2) is 14.4 Å². The Kier molecular flexibility index (Phi) is 4.06. The van der Waals surface area contributed by atoms with E-state index in [1.54, 1.807) is 13.2 Å². The molecule has 0 unspecified atom stereocenters. The molecule has 0 bridgehead atoms. The van der Waals surface area contributed by atoms with Crippen LogP contribution < -0.4 is 10.6 Å². The van der Waals surface area contributed by atoms with Gasteiger partial charge in [-0.1, -0.05) is 0 Å². The van der Waals surface area contributed by atoms with Crippen LogP contribution in [0.3, 0.4) is 0 Å². The average Bonchev–Trinajstić information content (AvgIpc) is 2.81. The van der Waals surface area contributed by atoms with E-state index in [0.717, 1.165) is 22.1 Å². The molecule has 7 heteroatoms. The quantitative estimate of drug-likeness (QED) is 0.898. The third kappa shape index (κ3) is 3.25. The van der Waals surface area contributed by atoms with Crippen LogP contribution in [0.2, 0.25) is 0 Å². The maximum absolute atomic E-state index is 13.1. The fourth-order valence-electron chi connectivity index (χ4n) is 1.56. The van der Waals surface area contributed by atoms with Crippen molar-refractivity contribution in [2.75, 3.05) is 12.4 Å². The second kappa shape index (κ2) is 5.75. The fraction of sp³-hybridized carbons (Fsp3) is 0.250. The number of anilines is 1. The second-order valence-corrected chi connectivity index (χ2v) is 5.15. The smallest absolute Gasteiger partial charge is 0.255 e. The van der Waals surface area contributed by atoms with Gasteiger partial charge in [0, 0.05) is 18.1 Å². The Labute approximate surface area is 113 Å². The molecule has 2 heterocycles. The SMILES string of the molecule is CNc1ncc(F)cc1C(=O)NCc1cnc(C)s1. The molecule has 0 aliphatic carbocycles. The molecule has 0 fully saturated rings. The van der Waals surface area contributed by atoms with Crippen molar-refractivity contribution in [2.24, 2.45) is 0 Å². The topological polar surface area (TPSA) is 66.9 Å². The fourth-order valence-corrected chi connectivity index (χ4v) is 2.30. The maximum Gasteiger partial charge on any atom is 0.255 e. The molecule has 2 aromatic rings. The van der Waals surface area contributed by atoms with Gasteiger partial charge in [0.2, 0.25) is 0 Å². The first kappa shape index (κ1) is 13.4. The van der Waals surface area contributed by atoms with Crippen molar-refractivity contribution < 1.29 is 9.18 Å². The van der Waals surface area contributed by atoms with Gasteiger partial charge in [0.1, 0.15) is 11.6 Å². The third-order valence-electron chi connectivity index (χ3n) is 2.43. The minimum Gasteiger partial charge on any atom is -0.372 e. The van der Waals surface area contributed by atoms with Gasteiger partial charge in [-0.3, -0.25) is 4.79 Å². The van der Waals surface area contributed by atoms with Crippen LogP contribution in [-0.4, -0.2) is 22.9 Å². The van der Waals surface area contributed by atoms with E-state index in [-0.39, 0.29) is 11.5 Å². The van der Waals surface area contributed by atoms with Gasteiger partial charge in [0.05, 0.1) is 23.3 Å². The van der Waals surface area contributed by atoms with Gasteiger partial charge < -0.3 is 10.6 Å². The van der Waals surface area contributed by atoms with E-state index >= 15 is 0 Å². The summed E-state index contributed by atoms with van der Waals surface area (Å²) in [5.74, 6) is -0.570. The molecule has 0 aliphatic heterocycles. The number of nitrogens with one attached hydrogen (secondary N) is 2. The molecule has 100 valence electrons. The van der Waals surface area contributed by atoms with Crippen molar-refractivity contribution in [3.8, 4) is 0 Å². The van der Waals surface area contributed by atoms with Gasteiger partial charge in [0.25, 0.3) is 5.91 Å². The number of aromatic nitrogens is 2. The first-order valence-corrected chi connectivity index (χ1v) is 6.44. The Balaban J connectivity index is 2.09. The van der Waals surface area contributed by atoms with Crippen molar-refractivity contribution in [2.45, 2.75) is 13.5 Å². The molecule has 1 amide bonds. The summed E-state index contributed by atoms with van der Waals surface area (Å²) >= 11 is 1.51. The van der Waals surface area contributed by atoms with Crippen LogP contribution in [0.5, 0.6) is 0 Å². The van der Waals surface area contributed by atoms with Gasteiger partial charge in [-0.2, -0.15) is 0 Å². The first-order chi connectivity index (χ1) is 9.10. The normalized spacial score (nSPS) is 10.3. The number of halogens is 1. The largest absolute Gasteiger partial charge is 0.372 e.